The molecule has 214 valence electrons. The highest BCUT2D eigenvalue weighted by Crippen LogP contribution is 2.30. The van der Waals surface area contributed by atoms with Gasteiger partial charge in [0, 0.05) is 11.9 Å². The van der Waals surface area contributed by atoms with Crippen molar-refractivity contribution in [1.82, 2.24) is 20.5 Å². The molecule has 1 saturated carbocycles. The van der Waals surface area contributed by atoms with Crippen LogP contribution in [0.3, 0.4) is 0 Å². The van der Waals surface area contributed by atoms with Crippen molar-refractivity contribution in [2.45, 2.75) is 51.1 Å². The van der Waals surface area contributed by atoms with Crippen LogP contribution in [0.25, 0.3) is 17.0 Å². The molecule has 0 bridgehead atoms. The van der Waals surface area contributed by atoms with Crippen molar-refractivity contribution in [2.24, 2.45) is 5.92 Å². The zero-order chi connectivity index (χ0) is 28.9. The third-order valence-corrected chi connectivity index (χ3v) is 7.98. The van der Waals surface area contributed by atoms with Crippen molar-refractivity contribution < 1.29 is 23.5 Å². The zero-order valence-electron chi connectivity index (χ0n) is 23.4. The van der Waals surface area contributed by atoms with E-state index in [9.17, 15) is 18.8 Å². The predicted molar refractivity (Wildman–Crippen MR) is 155 cm³/mol. The summed E-state index contributed by atoms with van der Waals surface area (Å²) in [6, 6.07) is 12.2. The summed E-state index contributed by atoms with van der Waals surface area (Å²) in [6.45, 7) is 2.13. The molecule has 0 radical (unpaired) electrons. The van der Waals surface area contributed by atoms with Crippen LogP contribution in [0.1, 0.15) is 66.7 Å². The Hall–Kier alpha value is -4.27. The largest absolute Gasteiger partial charge is 0.497 e. The lowest BCUT2D eigenvalue weighted by Gasteiger charge is -2.26. The van der Waals surface area contributed by atoms with E-state index in [1.165, 1.54) is 48.4 Å². The van der Waals surface area contributed by atoms with Crippen LogP contribution in [-0.2, 0) is 9.59 Å². The van der Waals surface area contributed by atoms with Crippen LogP contribution in [0.15, 0.2) is 54.6 Å². The maximum absolute atomic E-state index is 13.4. The molecule has 1 aliphatic heterocycles. The highest BCUT2D eigenvalue weighted by molar-refractivity contribution is 5.97. The highest BCUT2D eigenvalue weighted by Gasteiger charge is 2.34. The van der Waals surface area contributed by atoms with E-state index in [0.717, 1.165) is 16.9 Å². The summed E-state index contributed by atoms with van der Waals surface area (Å²) < 4.78 is 18.8. The minimum atomic E-state index is -0.609. The summed E-state index contributed by atoms with van der Waals surface area (Å²) in [5.41, 5.74) is 2.58. The topological polar surface area (TPSA) is 101 Å². The smallest absolute Gasteiger partial charge is 0.270 e. The SMILES string of the molecule is COc1ccc([C@H](C)NC(=O)C2CCCN2C(=O)CNC(=O)c2ccc3cc(F)ccc3n2)c(/C=C/C2CCC2)c1. The normalized spacial score (nSPS) is 17.8. The number of carbonyl (C=O) groups excluding carboxylic acids is 3. The van der Waals surface area contributed by atoms with Gasteiger partial charge in [0.05, 0.1) is 25.2 Å². The Kier molecular flexibility index (Phi) is 8.61. The molecule has 0 spiro atoms. The van der Waals surface area contributed by atoms with Gasteiger partial charge in [-0.05, 0) is 86.1 Å². The van der Waals surface area contributed by atoms with Crippen LogP contribution in [-0.4, -0.2) is 53.8 Å². The third-order valence-electron chi connectivity index (χ3n) is 7.98. The number of carbonyl (C=O) groups is 3. The minimum absolute atomic E-state index is 0.128. The lowest BCUT2D eigenvalue weighted by Crippen LogP contribution is -2.49. The molecule has 2 fully saturated rings. The molecule has 3 amide bonds. The number of likely N-dealkylation sites (tertiary alicyclic amines) is 1. The number of benzene rings is 2. The second-order valence-corrected chi connectivity index (χ2v) is 10.7. The average molecular weight is 559 g/mol. The number of fused-ring (bicyclic) bond motifs is 1. The van der Waals surface area contributed by atoms with Crippen molar-refractivity contribution in [1.29, 1.82) is 0 Å². The van der Waals surface area contributed by atoms with E-state index in [4.69, 9.17) is 4.74 Å². The molecular weight excluding hydrogens is 523 g/mol. The molecule has 1 aliphatic carbocycles. The number of nitrogens with zero attached hydrogens (tertiary/aromatic N) is 2. The Morgan fingerprint density at radius 3 is 2.68 bits per heavy atom. The Morgan fingerprint density at radius 1 is 1.10 bits per heavy atom. The van der Waals surface area contributed by atoms with Crippen LogP contribution in [0.5, 0.6) is 5.75 Å². The summed E-state index contributed by atoms with van der Waals surface area (Å²) in [5, 5.41) is 6.29. The predicted octanol–water partition coefficient (Wildman–Crippen LogP) is 4.79. The number of hydrogen-bond donors (Lipinski definition) is 2. The van der Waals surface area contributed by atoms with Gasteiger partial charge in [0.15, 0.2) is 0 Å². The number of hydrogen-bond acceptors (Lipinski definition) is 5. The fraction of sp³-hybridized carbons (Fsp3) is 0.375. The van der Waals surface area contributed by atoms with E-state index in [2.05, 4.69) is 27.8 Å². The quantitative estimate of drug-likeness (QED) is 0.393. The number of halogens is 1. The molecule has 3 aromatic rings. The number of methoxy groups -OCH3 is 1. The van der Waals surface area contributed by atoms with Crippen LogP contribution in [0.4, 0.5) is 4.39 Å². The molecule has 2 atom stereocenters. The Labute approximate surface area is 239 Å². The molecular formula is C32H35FN4O4. The van der Waals surface area contributed by atoms with E-state index in [1.807, 2.05) is 25.1 Å². The van der Waals surface area contributed by atoms with Gasteiger partial charge in [-0.15, -0.1) is 0 Å². The Balaban J connectivity index is 1.20. The first-order chi connectivity index (χ1) is 19.8. The highest BCUT2D eigenvalue weighted by atomic mass is 19.1. The molecule has 5 rings (SSSR count). The summed E-state index contributed by atoms with van der Waals surface area (Å²) >= 11 is 0. The maximum atomic E-state index is 13.4. The van der Waals surface area contributed by atoms with Gasteiger partial charge in [-0.3, -0.25) is 14.4 Å². The molecule has 2 aliphatic rings. The molecule has 9 heteroatoms. The standard InChI is InChI=1S/C32H35FN4O4/c1-20(26-13-12-25(41-2)18-22(26)9-8-21-5-3-6-21)35-32(40)29-7-4-16-37(29)30(38)19-34-31(39)28-14-10-23-17-24(33)11-15-27(23)36-28/h8-15,17-18,20-21,29H,3-7,16,19H2,1-2H3,(H,34,39)(H,35,40)/b9-8+/t20-,29?/m0/s1. The number of aromatic nitrogens is 1. The summed E-state index contributed by atoms with van der Waals surface area (Å²) in [5.74, 6) is -0.101. The van der Waals surface area contributed by atoms with Gasteiger partial charge in [0.2, 0.25) is 11.8 Å². The Bertz CT molecular complexity index is 1490. The van der Waals surface area contributed by atoms with Gasteiger partial charge in [-0.25, -0.2) is 9.37 Å². The van der Waals surface area contributed by atoms with Crippen LogP contribution in [0, 0.1) is 11.7 Å². The first-order valence-electron chi connectivity index (χ1n) is 14.1. The molecule has 1 unspecified atom stereocenters. The second-order valence-electron chi connectivity index (χ2n) is 10.7. The zero-order valence-corrected chi connectivity index (χ0v) is 23.4. The van der Waals surface area contributed by atoms with Crippen LogP contribution < -0.4 is 15.4 Å². The lowest BCUT2D eigenvalue weighted by atomic mass is 9.84. The second kappa shape index (κ2) is 12.5. The van der Waals surface area contributed by atoms with Gasteiger partial charge in [0.1, 0.15) is 23.3 Å². The number of nitrogens with one attached hydrogen (secondary N) is 2. The van der Waals surface area contributed by atoms with E-state index in [-0.39, 0.29) is 35.9 Å². The monoisotopic (exact) mass is 558 g/mol. The number of amides is 3. The Morgan fingerprint density at radius 2 is 1.93 bits per heavy atom. The minimum Gasteiger partial charge on any atom is -0.497 e. The first-order valence-corrected chi connectivity index (χ1v) is 14.1. The molecule has 2 aromatic carbocycles. The lowest BCUT2D eigenvalue weighted by molar-refractivity contribution is -0.137. The number of ether oxygens (including phenoxy) is 1. The first kappa shape index (κ1) is 28.3. The summed E-state index contributed by atoms with van der Waals surface area (Å²) in [6.07, 6.45) is 9.26. The van der Waals surface area contributed by atoms with Crippen molar-refractivity contribution in [3.05, 3.63) is 77.2 Å². The van der Waals surface area contributed by atoms with Gasteiger partial charge < -0.3 is 20.3 Å². The van der Waals surface area contributed by atoms with E-state index >= 15 is 0 Å². The average Bonchev–Trinajstić information content (AvgIpc) is 3.45. The van der Waals surface area contributed by atoms with Crippen LogP contribution >= 0.6 is 0 Å². The number of pyridine rings is 1. The van der Waals surface area contributed by atoms with Crippen molar-refractivity contribution in [3.63, 3.8) is 0 Å². The van der Waals surface area contributed by atoms with Gasteiger partial charge >= 0.3 is 0 Å². The van der Waals surface area contributed by atoms with Gasteiger partial charge in [-0.1, -0.05) is 30.7 Å². The van der Waals surface area contributed by atoms with Crippen molar-refractivity contribution in [3.8, 4) is 5.75 Å². The number of allylic oxidation sites excluding steroid dienone is 1. The van der Waals surface area contributed by atoms with Gasteiger partial charge in [0.25, 0.3) is 5.91 Å². The van der Waals surface area contributed by atoms with E-state index < -0.39 is 11.9 Å². The van der Waals surface area contributed by atoms with E-state index in [1.54, 1.807) is 13.2 Å². The van der Waals surface area contributed by atoms with Crippen molar-refractivity contribution in [2.75, 3.05) is 20.2 Å². The summed E-state index contributed by atoms with van der Waals surface area (Å²) in [4.78, 5) is 44.9. The maximum Gasteiger partial charge on any atom is 0.270 e. The molecule has 1 aromatic heterocycles. The van der Waals surface area contributed by atoms with Gasteiger partial charge in [-0.2, -0.15) is 0 Å². The van der Waals surface area contributed by atoms with Crippen molar-refractivity contribution >= 4 is 34.7 Å². The fourth-order valence-corrected chi connectivity index (χ4v) is 5.39. The molecule has 41 heavy (non-hydrogen) atoms. The summed E-state index contributed by atoms with van der Waals surface area (Å²) in [7, 11) is 1.63. The molecule has 2 N–H and O–H groups in total. The van der Waals surface area contributed by atoms with E-state index in [0.29, 0.717) is 36.2 Å². The van der Waals surface area contributed by atoms with Crippen LogP contribution in [0.2, 0.25) is 0 Å². The molecule has 2 heterocycles. The molecule has 1 saturated heterocycles. The molecule has 8 nitrogen and oxygen atoms in total. The third kappa shape index (κ3) is 6.56. The fourth-order valence-electron chi connectivity index (χ4n) is 5.39. The number of rotatable bonds is 9.